The van der Waals surface area contributed by atoms with Crippen LogP contribution in [-0.4, -0.2) is 26.8 Å². The number of hydrogen-bond acceptors (Lipinski definition) is 4. The molecule has 1 saturated heterocycles. The lowest BCUT2D eigenvalue weighted by Crippen LogP contribution is -2.27. The van der Waals surface area contributed by atoms with Gasteiger partial charge in [0.2, 0.25) is 0 Å². The van der Waals surface area contributed by atoms with Crippen LogP contribution in [0.25, 0.3) is 6.08 Å². The molecule has 1 aromatic rings. The molecule has 0 radical (unpaired) electrons. The first-order chi connectivity index (χ1) is 8.52. The summed E-state index contributed by atoms with van der Waals surface area (Å²) in [5.41, 5.74) is 0.598. The number of phenols is 1. The van der Waals surface area contributed by atoms with Gasteiger partial charge in [0.1, 0.15) is 10.1 Å². The van der Waals surface area contributed by atoms with Crippen molar-refractivity contribution in [3.05, 3.63) is 33.1 Å². The van der Waals surface area contributed by atoms with Gasteiger partial charge in [0.15, 0.2) is 0 Å². The molecule has 0 spiro atoms. The van der Waals surface area contributed by atoms with Crippen molar-refractivity contribution in [2.24, 2.45) is 0 Å². The van der Waals surface area contributed by atoms with E-state index in [4.69, 9.17) is 12.2 Å². The minimum Gasteiger partial charge on any atom is -0.507 e. The molecular formula is C12H10BrNO2S2. The van der Waals surface area contributed by atoms with E-state index in [1.54, 1.807) is 29.2 Å². The van der Waals surface area contributed by atoms with Crippen LogP contribution < -0.4 is 0 Å². The monoisotopic (exact) mass is 343 g/mol. The summed E-state index contributed by atoms with van der Waals surface area (Å²) >= 11 is 9.71. The summed E-state index contributed by atoms with van der Waals surface area (Å²) in [4.78, 5) is 14.1. The predicted octanol–water partition coefficient (Wildman–Crippen LogP) is 3.38. The molecule has 0 aromatic heterocycles. The van der Waals surface area contributed by atoms with E-state index >= 15 is 0 Å². The Balaban J connectivity index is 2.38. The lowest BCUT2D eigenvalue weighted by molar-refractivity contribution is -0.121. The Bertz CT molecular complexity index is 557. The van der Waals surface area contributed by atoms with Crippen LogP contribution in [0.15, 0.2) is 27.6 Å². The third-order valence-electron chi connectivity index (χ3n) is 2.47. The molecule has 1 heterocycles. The van der Waals surface area contributed by atoms with Gasteiger partial charge in [0.25, 0.3) is 5.91 Å². The highest BCUT2D eigenvalue weighted by Crippen LogP contribution is 2.34. The molecule has 1 aliphatic heterocycles. The van der Waals surface area contributed by atoms with Crippen molar-refractivity contribution in [1.29, 1.82) is 0 Å². The zero-order valence-corrected chi connectivity index (χ0v) is 12.7. The minimum absolute atomic E-state index is 0.105. The number of phenolic OH excluding ortho intramolecular Hbond substituents is 1. The van der Waals surface area contributed by atoms with Gasteiger partial charge in [-0.05, 0) is 31.2 Å². The number of nitrogens with zero attached hydrogens (tertiary/aromatic N) is 1. The Kier molecular flexibility index (Phi) is 4.09. The highest BCUT2D eigenvalue weighted by Gasteiger charge is 2.30. The molecule has 0 unspecified atom stereocenters. The summed E-state index contributed by atoms with van der Waals surface area (Å²) in [6.07, 6.45) is 1.66. The summed E-state index contributed by atoms with van der Waals surface area (Å²) in [5.74, 6) is 0.0341. The number of rotatable bonds is 2. The summed E-state index contributed by atoms with van der Waals surface area (Å²) in [6.45, 7) is 2.44. The number of halogens is 1. The Morgan fingerprint density at radius 1 is 1.56 bits per heavy atom. The Labute approximate surface area is 123 Å². The van der Waals surface area contributed by atoms with Crippen LogP contribution in [0.5, 0.6) is 5.75 Å². The maximum absolute atomic E-state index is 12.0. The first kappa shape index (κ1) is 13.6. The lowest BCUT2D eigenvalue weighted by Gasteiger charge is -2.09. The first-order valence-electron chi connectivity index (χ1n) is 5.27. The number of benzene rings is 1. The molecule has 1 aromatic carbocycles. The molecule has 18 heavy (non-hydrogen) atoms. The summed E-state index contributed by atoms with van der Waals surface area (Å²) in [5, 5.41) is 9.74. The number of amides is 1. The number of carbonyl (C=O) groups is 1. The van der Waals surface area contributed by atoms with Crippen molar-refractivity contribution >= 4 is 56.2 Å². The van der Waals surface area contributed by atoms with Crippen molar-refractivity contribution in [3.63, 3.8) is 0 Å². The molecule has 1 amide bonds. The molecule has 1 N–H and O–H groups in total. The number of thioether (sulfide) groups is 1. The van der Waals surface area contributed by atoms with Gasteiger partial charge < -0.3 is 5.11 Å². The molecule has 94 valence electrons. The average Bonchev–Trinajstić information content (AvgIpc) is 2.59. The van der Waals surface area contributed by atoms with Crippen LogP contribution >= 0.6 is 39.9 Å². The number of carbonyl (C=O) groups excluding carboxylic acids is 1. The molecule has 0 saturated carbocycles. The Morgan fingerprint density at radius 3 is 2.89 bits per heavy atom. The summed E-state index contributed by atoms with van der Waals surface area (Å²) in [6, 6.07) is 5.08. The maximum Gasteiger partial charge on any atom is 0.266 e. The van der Waals surface area contributed by atoms with Crippen molar-refractivity contribution in [3.8, 4) is 5.75 Å². The fourth-order valence-electron chi connectivity index (χ4n) is 1.55. The second-order valence-electron chi connectivity index (χ2n) is 3.63. The Morgan fingerprint density at radius 2 is 2.28 bits per heavy atom. The topological polar surface area (TPSA) is 40.5 Å². The fraction of sp³-hybridized carbons (Fsp3) is 0.167. The minimum atomic E-state index is -0.105. The van der Waals surface area contributed by atoms with E-state index in [1.165, 1.54) is 11.8 Å². The van der Waals surface area contributed by atoms with Gasteiger partial charge in [0, 0.05) is 16.6 Å². The zero-order chi connectivity index (χ0) is 13.3. The van der Waals surface area contributed by atoms with Crippen LogP contribution in [0.2, 0.25) is 0 Å². The predicted molar refractivity (Wildman–Crippen MR) is 81.4 cm³/mol. The van der Waals surface area contributed by atoms with Gasteiger partial charge in [-0.25, -0.2) is 0 Å². The van der Waals surface area contributed by atoms with Gasteiger partial charge in [0.05, 0.1) is 4.91 Å². The van der Waals surface area contributed by atoms with Gasteiger partial charge >= 0.3 is 0 Å². The van der Waals surface area contributed by atoms with Gasteiger partial charge in [-0.15, -0.1) is 0 Å². The normalized spacial score (nSPS) is 17.9. The molecule has 2 rings (SSSR count). The van der Waals surface area contributed by atoms with Crippen LogP contribution in [0, 0.1) is 0 Å². The number of thiocarbonyl (C=S) groups is 1. The molecule has 1 fully saturated rings. The fourth-order valence-corrected chi connectivity index (χ4v) is 3.31. The molecule has 0 bridgehead atoms. The molecule has 3 nitrogen and oxygen atoms in total. The van der Waals surface area contributed by atoms with Crippen LogP contribution in [0.4, 0.5) is 0 Å². The average molecular weight is 344 g/mol. The third-order valence-corrected chi connectivity index (χ3v) is 4.34. The highest BCUT2D eigenvalue weighted by molar-refractivity contribution is 9.10. The van der Waals surface area contributed by atoms with E-state index in [1.807, 2.05) is 6.92 Å². The summed E-state index contributed by atoms with van der Waals surface area (Å²) in [7, 11) is 0. The second-order valence-corrected chi connectivity index (χ2v) is 6.22. The van der Waals surface area contributed by atoms with E-state index in [2.05, 4.69) is 15.9 Å². The summed E-state index contributed by atoms with van der Waals surface area (Å²) < 4.78 is 1.40. The van der Waals surface area contributed by atoms with Crippen LogP contribution in [-0.2, 0) is 4.79 Å². The molecule has 0 aliphatic carbocycles. The number of likely N-dealkylation sites (N-methyl/N-ethyl adjacent to an activating group) is 1. The van der Waals surface area contributed by atoms with Gasteiger partial charge in [-0.3, -0.25) is 9.69 Å². The maximum atomic E-state index is 12.0. The van der Waals surface area contributed by atoms with Crippen molar-refractivity contribution < 1.29 is 9.90 Å². The second kappa shape index (κ2) is 5.42. The molecule has 6 heteroatoms. The lowest BCUT2D eigenvalue weighted by atomic mass is 10.2. The van der Waals surface area contributed by atoms with Crippen molar-refractivity contribution in [2.45, 2.75) is 6.92 Å². The van der Waals surface area contributed by atoms with Crippen molar-refractivity contribution in [2.75, 3.05) is 6.54 Å². The largest absolute Gasteiger partial charge is 0.507 e. The first-order valence-corrected chi connectivity index (χ1v) is 7.28. The Hall–Kier alpha value is -0.850. The van der Waals surface area contributed by atoms with E-state index in [0.29, 0.717) is 21.3 Å². The molecular weight excluding hydrogens is 334 g/mol. The molecule has 0 atom stereocenters. The van der Waals surface area contributed by atoms with Crippen LogP contribution in [0.1, 0.15) is 12.5 Å². The number of aromatic hydroxyl groups is 1. The van der Waals surface area contributed by atoms with E-state index in [0.717, 1.165) is 4.47 Å². The van der Waals surface area contributed by atoms with Crippen LogP contribution in [0.3, 0.4) is 0 Å². The smallest absolute Gasteiger partial charge is 0.266 e. The van der Waals surface area contributed by atoms with Gasteiger partial charge in [-0.1, -0.05) is 39.9 Å². The number of hydrogen-bond donors (Lipinski definition) is 1. The van der Waals surface area contributed by atoms with E-state index < -0.39 is 0 Å². The van der Waals surface area contributed by atoms with E-state index in [-0.39, 0.29) is 11.7 Å². The standard InChI is InChI=1S/C12H10BrNO2S2/c1-2-14-11(16)10(18-12(14)17)6-7-5-8(13)3-4-9(7)15/h3-6,15H,2H2,1H3. The van der Waals surface area contributed by atoms with Crippen molar-refractivity contribution in [1.82, 2.24) is 4.90 Å². The van der Waals surface area contributed by atoms with Gasteiger partial charge in [-0.2, -0.15) is 0 Å². The van der Waals surface area contributed by atoms with E-state index in [9.17, 15) is 9.90 Å². The highest BCUT2D eigenvalue weighted by atomic mass is 79.9. The SMILES string of the molecule is CCN1C(=O)C(=Cc2cc(Br)ccc2O)SC1=S. The zero-order valence-electron chi connectivity index (χ0n) is 9.51. The third kappa shape index (κ3) is 2.60. The quantitative estimate of drug-likeness (QED) is 0.660. The molecule has 1 aliphatic rings.